The first kappa shape index (κ1) is 31.3. The van der Waals surface area contributed by atoms with Crippen molar-refractivity contribution in [2.45, 2.75) is 13.5 Å². The van der Waals surface area contributed by atoms with Gasteiger partial charge >= 0.3 is 6.03 Å². The number of hydrogen-bond donors (Lipinski definition) is 2. The molecule has 11 heteroatoms. The summed E-state index contributed by atoms with van der Waals surface area (Å²) in [5, 5.41) is 5.01. The van der Waals surface area contributed by atoms with Crippen molar-refractivity contribution in [1.29, 1.82) is 0 Å². The van der Waals surface area contributed by atoms with Crippen molar-refractivity contribution in [1.82, 2.24) is 5.32 Å². The van der Waals surface area contributed by atoms with Crippen LogP contribution in [0.4, 0.5) is 16.2 Å². The molecule has 5 amide bonds. The van der Waals surface area contributed by atoms with Gasteiger partial charge in [0, 0.05) is 5.69 Å². The number of halogens is 1. The van der Waals surface area contributed by atoms with Gasteiger partial charge in [-0.05, 0) is 101 Å². The molecule has 10 nitrogen and oxygen atoms in total. The zero-order valence-corrected chi connectivity index (χ0v) is 26.5. The second kappa shape index (κ2) is 14.1. The Bertz CT molecular complexity index is 1790. The van der Waals surface area contributed by atoms with E-state index >= 15 is 0 Å². The summed E-state index contributed by atoms with van der Waals surface area (Å²) in [6.45, 7) is 2.02. The first-order chi connectivity index (χ1) is 21.7. The Morgan fingerprint density at radius 1 is 0.933 bits per heavy atom. The number of amides is 5. The maximum absolute atomic E-state index is 13.4. The molecule has 1 aliphatic rings. The second-order valence-corrected chi connectivity index (χ2v) is 11.1. The van der Waals surface area contributed by atoms with E-state index in [0.717, 1.165) is 16.0 Å². The third kappa shape index (κ3) is 7.68. The van der Waals surface area contributed by atoms with Crippen LogP contribution in [0.1, 0.15) is 16.7 Å². The molecule has 0 aromatic heterocycles. The highest BCUT2D eigenvalue weighted by atomic mass is 127. The number of nitrogens with zero attached hydrogens (tertiary/aromatic N) is 1. The van der Waals surface area contributed by atoms with Crippen LogP contribution in [0.5, 0.6) is 17.2 Å². The lowest BCUT2D eigenvalue weighted by Crippen LogP contribution is -2.54. The van der Waals surface area contributed by atoms with E-state index in [1.165, 1.54) is 13.2 Å². The van der Waals surface area contributed by atoms with E-state index in [9.17, 15) is 19.2 Å². The van der Waals surface area contributed by atoms with Crippen LogP contribution in [-0.2, 0) is 21.0 Å². The van der Waals surface area contributed by atoms with Crippen LogP contribution < -0.4 is 29.7 Å². The fourth-order valence-electron chi connectivity index (χ4n) is 4.51. The van der Waals surface area contributed by atoms with E-state index in [0.29, 0.717) is 38.7 Å². The number of carbonyl (C=O) groups is 4. The zero-order chi connectivity index (χ0) is 31.9. The van der Waals surface area contributed by atoms with Gasteiger partial charge in [-0.15, -0.1) is 0 Å². The number of carbonyl (C=O) groups excluding carboxylic acids is 4. The summed E-state index contributed by atoms with van der Waals surface area (Å²) in [5.74, 6) is -0.800. The standard InChI is InChI=1S/C34H28IN3O7/c1-21-7-6-10-24(15-21)36-30(39)20-45-31-28(35)17-23(18-29(31)43-2)16-27-32(40)37-34(42)38(33(27)41)25-11-13-26(14-12-25)44-19-22-8-4-3-5-9-22/h3-18H,19-20H2,1-2H3,(H,36,39)(H,37,40,42)/b27-16+. The number of nitrogens with one attached hydrogen (secondary N) is 2. The molecule has 5 rings (SSSR count). The molecule has 1 heterocycles. The average Bonchev–Trinajstić information content (AvgIpc) is 3.02. The smallest absolute Gasteiger partial charge is 0.335 e. The maximum Gasteiger partial charge on any atom is 0.335 e. The lowest BCUT2D eigenvalue weighted by Gasteiger charge is -2.26. The Hall–Kier alpha value is -5.17. The summed E-state index contributed by atoms with van der Waals surface area (Å²) in [6, 6.07) is 25.9. The monoisotopic (exact) mass is 717 g/mol. The summed E-state index contributed by atoms with van der Waals surface area (Å²) >= 11 is 2.02. The molecule has 0 saturated carbocycles. The molecule has 0 spiro atoms. The fourth-order valence-corrected chi connectivity index (χ4v) is 5.29. The van der Waals surface area contributed by atoms with E-state index in [1.807, 2.05) is 78.0 Å². The van der Waals surface area contributed by atoms with Gasteiger partial charge in [0.05, 0.1) is 16.4 Å². The van der Waals surface area contributed by atoms with Gasteiger partial charge in [0.15, 0.2) is 18.1 Å². The molecule has 4 aromatic rings. The van der Waals surface area contributed by atoms with Gasteiger partial charge in [-0.1, -0.05) is 42.5 Å². The van der Waals surface area contributed by atoms with Crippen LogP contribution >= 0.6 is 22.6 Å². The van der Waals surface area contributed by atoms with Crippen molar-refractivity contribution in [2.24, 2.45) is 0 Å². The number of methoxy groups -OCH3 is 1. The summed E-state index contributed by atoms with van der Waals surface area (Å²) in [4.78, 5) is 52.3. The van der Waals surface area contributed by atoms with Gasteiger partial charge < -0.3 is 19.5 Å². The molecule has 45 heavy (non-hydrogen) atoms. The van der Waals surface area contributed by atoms with Crippen LogP contribution in [0.2, 0.25) is 0 Å². The second-order valence-electron chi connectivity index (χ2n) is 9.97. The summed E-state index contributed by atoms with van der Waals surface area (Å²) < 4.78 is 17.6. The average molecular weight is 718 g/mol. The highest BCUT2D eigenvalue weighted by Gasteiger charge is 2.37. The molecule has 4 aromatic carbocycles. The minimum absolute atomic E-state index is 0.247. The number of urea groups is 1. The predicted octanol–water partition coefficient (Wildman–Crippen LogP) is 5.87. The predicted molar refractivity (Wildman–Crippen MR) is 177 cm³/mol. The molecule has 0 atom stereocenters. The number of imide groups is 2. The normalized spacial score (nSPS) is 13.8. The molecule has 2 N–H and O–H groups in total. The molecule has 0 bridgehead atoms. The number of barbiturate groups is 1. The number of aryl methyl sites for hydroxylation is 1. The molecule has 0 radical (unpaired) electrons. The van der Waals surface area contributed by atoms with Crippen molar-refractivity contribution in [3.8, 4) is 17.2 Å². The summed E-state index contributed by atoms with van der Waals surface area (Å²) in [5.41, 5.74) is 3.13. The lowest BCUT2D eigenvalue weighted by atomic mass is 10.1. The van der Waals surface area contributed by atoms with E-state index in [-0.39, 0.29) is 23.8 Å². The van der Waals surface area contributed by atoms with Crippen LogP contribution in [-0.4, -0.2) is 37.5 Å². The van der Waals surface area contributed by atoms with E-state index in [1.54, 1.807) is 42.5 Å². The lowest BCUT2D eigenvalue weighted by molar-refractivity contribution is -0.122. The number of rotatable bonds is 10. The Kier molecular flexibility index (Phi) is 9.78. The highest BCUT2D eigenvalue weighted by Crippen LogP contribution is 2.35. The van der Waals surface area contributed by atoms with Crippen molar-refractivity contribution < 1.29 is 33.4 Å². The Labute approximate surface area is 273 Å². The third-order valence-electron chi connectivity index (χ3n) is 6.66. The van der Waals surface area contributed by atoms with Gasteiger partial charge in [0.1, 0.15) is 17.9 Å². The third-order valence-corrected chi connectivity index (χ3v) is 7.46. The fraction of sp³-hybridized carbons (Fsp3) is 0.118. The number of benzene rings is 4. The maximum atomic E-state index is 13.4. The Morgan fingerprint density at radius 2 is 1.69 bits per heavy atom. The van der Waals surface area contributed by atoms with Crippen LogP contribution in [0, 0.1) is 10.5 Å². The van der Waals surface area contributed by atoms with Gasteiger partial charge in [-0.3, -0.25) is 19.7 Å². The molecule has 1 saturated heterocycles. The summed E-state index contributed by atoms with van der Waals surface area (Å²) in [6.07, 6.45) is 1.37. The number of hydrogen-bond acceptors (Lipinski definition) is 7. The SMILES string of the molecule is COc1cc(/C=C2\C(=O)NC(=O)N(c3ccc(OCc4ccccc4)cc3)C2=O)cc(I)c1OCC(=O)Nc1cccc(C)c1. The Balaban J connectivity index is 1.30. The van der Waals surface area contributed by atoms with Gasteiger partial charge in [-0.25, -0.2) is 9.69 Å². The highest BCUT2D eigenvalue weighted by molar-refractivity contribution is 14.1. The molecular formula is C34H28IN3O7. The molecular weight excluding hydrogens is 689 g/mol. The molecule has 1 fully saturated rings. The van der Waals surface area contributed by atoms with Crippen molar-refractivity contribution in [3.63, 3.8) is 0 Å². The molecule has 0 aliphatic carbocycles. The summed E-state index contributed by atoms with van der Waals surface area (Å²) in [7, 11) is 1.44. The largest absolute Gasteiger partial charge is 0.493 e. The first-order valence-corrected chi connectivity index (χ1v) is 14.8. The topological polar surface area (TPSA) is 123 Å². The molecule has 1 aliphatic heterocycles. The van der Waals surface area contributed by atoms with Crippen LogP contribution in [0.3, 0.4) is 0 Å². The zero-order valence-electron chi connectivity index (χ0n) is 24.3. The minimum atomic E-state index is -0.861. The minimum Gasteiger partial charge on any atom is -0.493 e. The molecule has 0 unspecified atom stereocenters. The number of ether oxygens (including phenoxy) is 3. The van der Waals surface area contributed by atoms with E-state index in [4.69, 9.17) is 14.2 Å². The van der Waals surface area contributed by atoms with Gasteiger partial charge in [0.25, 0.3) is 17.7 Å². The first-order valence-electron chi connectivity index (χ1n) is 13.8. The van der Waals surface area contributed by atoms with Crippen molar-refractivity contribution in [3.05, 3.63) is 117 Å². The Morgan fingerprint density at radius 3 is 2.40 bits per heavy atom. The van der Waals surface area contributed by atoms with Crippen molar-refractivity contribution >= 4 is 63.8 Å². The quantitative estimate of drug-likeness (QED) is 0.120. The van der Waals surface area contributed by atoms with Gasteiger partial charge in [-0.2, -0.15) is 0 Å². The van der Waals surface area contributed by atoms with Crippen LogP contribution in [0.25, 0.3) is 6.08 Å². The number of anilines is 2. The van der Waals surface area contributed by atoms with Crippen LogP contribution in [0.15, 0.2) is 96.6 Å². The molecule has 228 valence electrons. The van der Waals surface area contributed by atoms with E-state index in [2.05, 4.69) is 10.6 Å². The van der Waals surface area contributed by atoms with Crippen molar-refractivity contribution in [2.75, 3.05) is 23.9 Å². The van der Waals surface area contributed by atoms with Gasteiger partial charge in [0.2, 0.25) is 0 Å². The van der Waals surface area contributed by atoms with E-state index < -0.39 is 17.8 Å².